The third kappa shape index (κ3) is 3.82. The summed E-state index contributed by atoms with van der Waals surface area (Å²) in [4.78, 5) is 8.08. The van der Waals surface area contributed by atoms with Crippen LogP contribution in [-0.4, -0.2) is 18.4 Å². The molecule has 0 fully saturated rings. The van der Waals surface area contributed by atoms with E-state index in [0.717, 1.165) is 11.3 Å². The van der Waals surface area contributed by atoms with E-state index < -0.39 is 10.0 Å². The predicted molar refractivity (Wildman–Crippen MR) is 74.9 cm³/mol. The van der Waals surface area contributed by atoms with Crippen molar-refractivity contribution in [2.24, 2.45) is 0 Å². The topological polar surface area (TPSA) is 72.0 Å². The highest BCUT2D eigenvalue weighted by atomic mass is 79.9. The third-order valence-electron chi connectivity index (χ3n) is 2.43. The number of nitrogens with zero attached hydrogens (tertiary/aromatic N) is 2. The number of rotatable bonds is 4. The molecule has 5 nitrogen and oxygen atoms in total. The van der Waals surface area contributed by atoms with Crippen LogP contribution in [0.15, 0.2) is 46.2 Å². The number of pyridine rings is 2. The Bertz CT molecular complexity index is 672. The first kappa shape index (κ1) is 14.1. The van der Waals surface area contributed by atoms with Crippen molar-refractivity contribution in [3.8, 4) is 0 Å². The third-order valence-corrected chi connectivity index (χ3v) is 4.23. The van der Waals surface area contributed by atoms with E-state index in [1.165, 1.54) is 18.5 Å². The molecule has 0 aliphatic carbocycles. The van der Waals surface area contributed by atoms with Gasteiger partial charge in [0.15, 0.2) is 0 Å². The summed E-state index contributed by atoms with van der Waals surface area (Å²) in [6.45, 7) is 2.07. The van der Waals surface area contributed by atoms with E-state index >= 15 is 0 Å². The normalized spacial score (nSPS) is 11.5. The second kappa shape index (κ2) is 5.77. The van der Waals surface area contributed by atoms with Gasteiger partial charge in [-0.15, -0.1) is 0 Å². The minimum Gasteiger partial charge on any atom is -0.262 e. The van der Waals surface area contributed by atoms with Gasteiger partial charge in [-0.1, -0.05) is 6.07 Å². The average molecular weight is 342 g/mol. The van der Waals surface area contributed by atoms with E-state index in [4.69, 9.17) is 0 Å². The summed E-state index contributed by atoms with van der Waals surface area (Å²) in [6, 6.07) is 5.18. The van der Waals surface area contributed by atoms with Crippen molar-refractivity contribution in [1.82, 2.24) is 14.7 Å². The molecule has 0 aliphatic rings. The lowest BCUT2D eigenvalue weighted by Gasteiger charge is -2.06. The van der Waals surface area contributed by atoms with E-state index in [-0.39, 0.29) is 11.4 Å². The first-order valence-electron chi connectivity index (χ1n) is 5.49. The Hall–Kier alpha value is -1.31. The average Bonchev–Trinajstić information content (AvgIpc) is 2.38. The summed E-state index contributed by atoms with van der Waals surface area (Å²) >= 11 is 3.19. The summed E-state index contributed by atoms with van der Waals surface area (Å²) in [5.41, 5.74) is 1.69. The molecule has 0 unspecified atom stereocenters. The van der Waals surface area contributed by atoms with Crippen molar-refractivity contribution in [1.29, 1.82) is 0 Å². The van der Waals surface area contributed by atoms with Crippen molar-refractivity contribution in [3.05, 3.63) is 52.5 Å². The molecule has 100 valence electrons. The molecule has 19 heavy (non-hydrogen) atoms. The van der Waals surface area contributed by atoms with Gasteiger partial charge in [0.25, 0.3) is 0 Å². The fourth-order valence-corrected chi connectivity index (χ4v) is 2.93. The molecule has 0 aliphatic heterocycles. The zero-order chi connectivity index (χ0) is 13.9. The van der Waals surface area contributed by atoms with Crippen LogP contribution in [0.3, 0.4) is 0 Å². The predicted octanol–water partition coefficient (Wildman–Crippen LogP) is 2.03. The molecule has 2 aromatic heterocycles. The van der Waals surface area contributed by atoms with Crippen LogP contribution < -0.4 is 4.72 Å². The lowest BCUT2D eigenvalue weighted by molar-refractivity contribution is 0.580. The molecule has 0 amide bonds. The highest BCUT2D eigenvalue weighted by Gasteiger charge is 2.14. The van der Waals surface area contributed by atoms with Gasteiger partial charge < -0.3 is 0 Å². The number of halogens is 1. The Morgan fingerprint density at radius 3 is 2.68 bits per heavy atom. The molecule has 0 saturated heterocycles. The maximum absolute atomic E-state index is 12.0. The zero-order valence-electron chi connectivity index (χ0n) is 10.2. The fraction of sp³-hybridized carbons (Fsp3) is 0.167. The van der Waals surface area contributed by atoms with Gasteiger partial charge in [0.2, 0.25) is 10.0 Å². The lowest BCUT2D eigenvalue weighted by atomic mass is 10.2. The molecule has 2 rings (SSSR count). The molecule has 1 N–H and O–H groups in total. The van der Waals surface area contributed by atoms with Crippen LogP contribution in [-0.2, 0) is 16.6 Å². The number of nitrogens with one attached hydrogen (secondary N) is 1. The Labute approximate surface area is 120 Å². The summed E-state index contributed by atoms with van der Waals surface area (Å²) < 4.78 is 27.2. The number of aryl methyl sites for hydroxylation is 1. The van der Waals surface area contributed by atoms with E-state index in [2.05, 4.69) is 30.6 Å². The Kier molecular flexibility index (Phi) is 4.28. The van der Waals surface area contributed by atoms with Crippen molar-refractivity contribution < 1.29 is 8.42 Å². The lowest BCUT2D eigenvalue weighted by Crippen LogP contribution is -2.23. The molecule has 2 heterocycles. The molecule has 0 radical (unpaired) electrons. The van der Waals surface area contributed by atoms with E-state index in [9.17, 15) is 8.42 Å². The van der Waals surface area contributed by atoms with Crippen LogP contribution >= 0.6 is 15.9 Å². The number of hydrogen-bond donors (Lipinski definition) is 1. The van der Waals surface area contributed by atoms with Crippen molar-refractivity contribution in [2.75, 3.05) is 0 Å². The summed E-state index contributed by atoms with van der Waals surface area (Å²) in [7, 11) is -3.56. The SMILES string of the molecule is Cc1ccc(CNS(=O)(=O)c2cncc(Br)c2)cn1. The molecule has 0 aromatic carbocycles. The highest BCUT2D eigenvalue weighted by molar-refractivity contribution is 9.10. The second-order valence-electron chi connectivity index (χ2n) is 3.97. The van der Waals surface area contributed by atoms with E-state index in [1.54, 1.807) is 6.20 Å². The summed E-state index contributed by atoms with van der Waals surface area (Å²) in [5.74, 6) is 0. The number of hydrogen-bond acceptors (Lipinski definition) is 4. The van der Waals surface area contributed by atoms with Gasteiger partial charge in [0.05, 0.1) is 0 Å². The summed E-state index contributed by atoms with van der Waals surface area (Å²) in [6.07, 6.45) is 4.49. The molecular formula is C12H12BrN3O2S. The molecule has 2 aromatic rings. The van der Waals surface area contributed by atoms with Crippen molar-refractivity contribution in [3.63, 3.8) is 0 Å². The first-order chi connectivity index (χ1) is 8.97. The fourth-order valence-electron chi connectivity index (χ4n) is 1.40. The first-order valence-corrected chi connectivity index (χ1v) is 7.77. The van der Waals surface area contributed by atoms with E-state index in [1.807, 2.05) is 19.1 Å². The monoisotopic (exact) mass is 341 g/mol. The largest absolute Gasteiger partial charge is 0.262 e. The van der Waals surface area contributed by atoms with Gasteiger partial charge in [0.1, 0.15) is 4.90 Å². The Balaban J connectivity index is 2.12. The van der Waals surface area contributed by atoms with Crippen LogP contribution in [0.2, 0.25) is 0 Å². The number of aromatic nitrogens is 2. The van der Waals surface area contributed by atoms with Crippen LogP contribution in [0, 0.1) is 6.92 Å². The molecule has 0 saturated carbocycles. The quantitative estimate of drug-likeness (QED) is 0.923. The standard InChI is InChI=1S/C12H12BrN3O2S/c1-9-2-3-10(5-15-9)6-16-19(17,18)12-4-11(13)7-14-8-12/h2-5,7-8,16H,6H2,1H3. The van der Waals surface area contributed by atoms with Gasteiger partial charge in [0, 0.05) is 35.3 Å². The minimum atomic E-state index is -3.56. The van der Waals surface area contributed by atoms with Crippen LogP contribution in [0.1, 0.15) is 11.3 Å². The maximum Gasteiger partial charge on any atom is 0.242 e. The molecule has 0 spiro atoms. The summed E-state index contributed by atoms with van der Waals surface area (Å²) in [5, 5.41) is 0. The maximum atomic E-state index is 12.0. The second-order valence-corrected chi connectivity index (χ2v) is 6.65. The smallest absolute Gasteiger partial charge is 0.242 e. The molecule has 0 atom stereocenters. The van der Waals surface area contributed by atoms with Crippen molar-refractivity contribution in [2.45, 2.75) is 18.4 Å². The van der Waals surface area contributed by atoms with Gasteiger partial charge in [-0.25, -0.2) is 13.1 Å². The van der Waals surface area contributed by atoms with Gasteiger partial charge in [-0.3, -0.25) is 9.97 Å². The zero-order valence-corrected chi connectivity index (χ0v) is 12.6. The van der Waals surface area contributed by atoms with Gasteiger partial charge in [-0.05, 0) is 40.5 Å². The van der Waals surface area contributed by atoms with Gasteiger partial charge >= 0.3 is 0 Å². The Morgan fingerprint density at radius 1 is 1.26 bits per heavy atom. The Morgan fingerprint density at radius 2 is 2.05 bits per heavy atom. The minimum absolute atomic E-state index is 0.127. The van der Waals surface area contributed by atoms with Crippen LogP contribution in [0.4, 0.5) is 0 Å². The van der Waals surface area contributed by atoms with Crippen LogP contribution in [0.5, 0.6) is 0 Å². The highest BCUT2D eigenvalue weighted by Crippen LogP contribution is 2.14. The number of sulfonamides is 1. The van der Waals surface area contributed by atoms with Gasteiger partial charge in [-0.2, -0.15) is 0 Å². The molecular weight excluding hydrogens is 330 g/mol. The van der Waals surface area contributed by atoms with Crippen molar-refractivity contribution >= 4 is 26.0 Å². The molecule has 7 heteroatoms. The molecule has 0 bridgehead atoms. The van der Waals surface area contributed by atoms with E-state index in [0.29, 0.717) is 4.47 Å². The van der Waals surface area contributed by atoms with Crippen LogP contribution in [0.25, 0.3) is 0 Å².